The Labute approximate surface area is 136 Å². The van der Waals surface area contributed by atoms with E-state index in [2.05, 4.69) is 20.8 Å². The number of hydrogen-bond acceptors (Lipinski definition) is 5. The molecule has 6 heteroatoms. The second kappa shape index (κ2) is 7.27. The van der Waals surface area contributed by atoms with Crippen molar-refractivity contribution in [3.8, 4) is 5.75 Å². The number of rotatable bonds is 5. The molecule has 23 heavy (non-hydrogen) atoms. The molecule has 0 bridgehead atoms. The van der Waals surface area contributed by atoms with Gasteiger partial charge in [-0.05, 0) is 29.9 Å². The summed E-state index contributed by atoms with van der Waals surface area (Å²) in [4.78, 5) is 10.8. The Bertz CT molecular complexity index is 560. The maximum Gasteiger partial charge on any atom is 0.311 e. The largest absolute Gasteiger partial charge is 0.457 e. The summed E-state index contributed by atoms with van der Waals surface area (Å²) < 4.78 is 11.9. The molecule has 2 rings (SSSR count). The summed E-state index contributed by atoms with van der Waals surface area (Å²) in [7, 11) is 0. The number of benzene rings is 1. The molecule has 1 aliphatic heterocycles. The van der Waals surface area contributed by atoms with Gasteiger partial charge in [0, 0.05) is 12.0 Å². The van der Waals surface area contributed by atoms with E-state index in [-0.39, 0.29) is 30.1 Å². The highest BCUT2D eigenvalue weighted by Gasteiger charge is 2.40. The molecule has 5 unspecified atom stereocenters. The van der Waals surface area contributed by atoms with Crippen LogP contribution in [0, 0.1) is 27.9 Å². The summed E-state index contributed by atoms with van der Waals surface area (Å²) in [5.41, 5.74) is 0.335. The highest BCUT2D eigenvalue weighted by atomic mass is 16.7. The van der Waals surface area contributed by atoms with E-state index in [1.165, 1.54) is 12.1 Å². The summed E-state index contributed by atoms with van der Waals surface area (Å²) in [6, 6.07) is 4.49. The molecule has 0 amide bonds. The van der Waals surface area contributed by atoms with Crippen molar-refractivity contribution < 1.29 is 19.5 Å². The molecular weight excluding hydrogens is 298 g/mol. The first kappa shape index (κ1) is 17.7. The lowest BCUT2D eigenvalue weighted by Crippen LogP contribution is -2.47. The first-order valence-corrected chi connectivity index (χ1v) is 8.09. The standard InChI is InChI=1S/C17H25NO5/c1-5-15-11(3)10(2)12(4)17(22-15)23-16-7-6-13(9-19)8-14(16)18(20)21/h6-8,10-12,15,17,19H,5,9H2,1-4H3. The first-order chi connectivity index (χ1) is 10.9. The minimum atomic E-state index is -0.509. The summed E-state index contributed by atoms with van der Waals surface area (Å²) in [5.74, 6) is 1.13. The average molecular weight is 323 g/mol. The van der Waals surface area contributed by atoms with Crippen LogP contribution < -0.4 is 4.74 Å². The predicted molar refractivity (Wildman–Crippen MR) is 86.1 cm³/mol. The molecule has 1 aliphatic rings. The Morgan fingerprint density at radius 3 is 2.52 bits per heavy atom. The molecule has 0 aliphatic carbocycles. The zero-order valence-electron chi connectivity index (χ0n) is 14.1. The van der Waals surface area contributed by atoms with Crippen LogP contribution in [-0.2, 0) is 11.3 Å². The summed E-state index contributed by atoms with van der Waals surface area (Å²) in [6.07, 6.45) is 0.454. The smallest absolute Gasteiger partial charge is 0.311 e. The van der Waals surface area contributed by atoms with E-state index in [1.807, 2.05) is 6.92 Å². The minimum Gasteiger partial charge on any atom is -0.457 e. The van der Waals surface area contributed by atoms with Crippen LogP contribution in [0.25, 0.3) is 0 Å². The van der Waals surface area contributed by atoms with Crippen LogP contribution in [0.5, 0.6) is 5.75 Å². The fraction of sp³-hybridized carbons (Fsp3) is 0.647. The van der Waals surface area contributed by atoms with Crippen molar-refractivity contribution in [1.29, 1.82) is 0 Å². The van der Waals surface area contributed by atoms with Crippen LogP contribution in [-0.4, -0.2) is 22.4 Å². The zero-order chi connectivity index (χ0) is 17.1. The fourth-order valence-electron chi connectivity index (χ4n) is 3.12. The Hall–Kier alpha value is -1.66. The Morgan fingerprint density at radius 1 is 1.26 bits per heavy atom. The van der Waals surface area contributed by atoms with Gasteiger partial charge in [-0.15, -0.1) is 0 Å². The zero-order valence-corrected chi connectivity index (χ0v) is 14.1. The van der Waals surface area contributed by atoms with E-state index < -0.39 is 11.2 Å². The molecule has 128 valence electrons. The van der Waals surface area contributed by atoms with E-state index in [9.17, 15) is 10.1 Å². The van der Waals surface area contributed by atoms with Gasteiger partial charge in [0.15, 0.2) is 5.75 Å². The van der Waals surface area contributed by atoms with Gasteiger partial charge in [-0.3, -0.25) is 10.1 Å². The van der Waals surface area contributed by atoms with Gasteiger partial charge >= 0.3 is 5.69 Å². The predicted octanol–water partition coefficient (Wildman–Crippen LogP) is 3.51. The van der Waals surface area contributed by atoms with Crippen LogP contribution in [0.3, 0.4) is 0 Å². The van der Waals surface area contributed by atoms with Gasteiger partial charge in [-0.2, -0.15) is 0 Å². The molecule has 1 saturated heterocycles. The molecule has 1 fully saturated rings. The molecule has 0 spiro atoms. The third kappa shape index (κ3) is 3.64. The molecular formula is C17H25NO5. The van der Waals surface area contributed by atoms with Crippen molar-refractivity contribution in [2.24, 2.45) is 17.8 Å². The second-order valence-corrected chi connectivity index (χ2v) is 6.36. The van der Waals surface area contributed by atoms with E-state index in [1.54, 1.807) is 6.07 Å². The maximum atomic E-state index is 11.3. The van der Waals surface area contributed by atoms with Crippen LogP contribution >= 0.6 is 0 Å². The number of aliphatic hydroxyl groups excluding tert-OH is 1. The topological polar surface area (TPSA) is 81.8 Å². The van der Waals surface area contributed by atoms with Crippen LogP contribution in [0.2, 0.25) is 0 Å². The maximum absolute atomic E-state index is 11.3. The molecule has 6 nitrogen and oxygen atoms in total. The molecule has 1 aromatic carbocycles. The highest BCUT2D eigenvalue weighted by Crippen LogP contribution is 2.38. The van der Waals surface area contributed by atoms with Gasteiger partial charge in [0.1, 0.15) is 0 Å². The van der Waals surface area contributed by atoms with Crippen LogP contribution in [0.1, 0.15) is 39.7 Å². The minimum absolute atomic E-state index is 0.0852. The lowest BCUT2D eigenvalue weighted by Gasteiger charge is -2.43. The van der Waals surface area contributed by atoms with E-state index in [4.69, 9.17) is 14.6 Å². The lowest BCUT2D eigenvalue weighted by molar-refractivity contribution is -0.386. The van der Waals surface area contributed by atoms with Gasteiger partial charge in [0.2, 0.25) is 6.29 Å². The third-order valence-corrected chi connectivity index (χ3v) is 5.03. The SMILES string of the molecule is CCC1OC(Oc2ccc(CO)cc2[N+](=O)[O-])C(C)C(C)C1C. The number of nitrogens with zero attached hydrogens (tertiary/aromatic N) is 1. The highest BCUT2D eigenvalue weighted by molar-refractivity contribution is 5.48. The van der Waals surface area contributed by atoms with Gasteiger partial charge in [-0.1, -0.05) is 33.8 Å². The second-order valence-electron chi connectivity index (χ2n) is 6.36. The summed E-state index contributed by atoms with van der Waals surface area (Å²) >= 11 is 0. The number of hydrogen-bond donors (Lipinski definition) is 1. The van der Waals surface area contributed by atoms with Gasteiger partial charge in [0.25, 0.3) is 0 Å². The van der Waals surface area contributed by atoms with Crippen molar-refractivity contribution in [2.75, 3.05) is 0 Å². The average Bonchev–Trinajstić information content (AvgIpc) is 2.55. The van der Waals surface area contributed by atoms with Crippen LogP contribution in [0.15, 0.2) is 18.2 Å². The third-order valence-electron chi connectivity index (χ3n) is 5.03. The molecule has 0 radical (unpaired) electrons. The monoisotopic (exact) mass is 323 g/mol. The van der Waals surface area contributed by atoms with Crippen molar-refractivity contribution >= 4 is 5.69 Å². The number of nitro benzene ring substituents is 1. The Morgan fingerprint density at radius 2 is 1.96 bits per heavy atom. The Balaban J connectivity index is 2.25. The van der Waals surface area contributed by atoms with Crippen molar-refractivity contribution in [2.45, 2.75) is 53.1 Å². The number of aliphatic hydroxyl groups is 1. The fourth-order valence-corrected chi connectivity index (χ4v) is 3.12. The molecule has 1 heterocycles. The quantitative estimate of drug-likeness (QED) is 0.662. The van der Waals surface area contributed by atoms with Crippen molar-refractivity contribution in [3.63, 3.8) is 0 Å². The molecule has 5 atom stereocenters. The van der Waals surface area contributed by atoms with Crippen molar-refractivity contribution in [3.05, 3.63) is 33.9 Å². The molecule has 1 aromatic rings. The number of nitro groups is 1. The van der Waals surface area contributed by atoms with Crippen molar-refractivity contribution in [1.82, 2.24) is 0 Å². The van der Waals surface area contributed by atoms with Gasteiger partial charge in [0.05, 0.1) is 17.6 Å². The van der Waals surface area contributed by atoms with Gasteiger partial charge in [-0.25, -0.2) is 0 Å². The Kier molecular flexibility index (Phi) is 5.59. The number of ether oxygens (including phenoxy) is 2. The lowest BCUT2D eigenvalue weighted by atomic mass is 9.78. The van der Waals surface area contributed by atoms with Gasteiger partial charge < -0.3 is 14.6 Å². The molecule has 0 aromatic heterocycles. The summed E-state index contributed by atoms with van der Waals surface area (Å²) in [6.45, 7) is 8.21. The normalized spacial score (nSPS) is 30.9. The van der Waals surface area contributed by atoms with E-state index in [0.29, 0.717) is 17.4 Å². The molecule has 1 N–H and O–H groups in total. The first-order valence-electron chi connectivity index (χ1n) is 8.09. The summed E-state index contributed by atoms with van der Waals surface area (Å²) in [5, 5.41) is 20.4. The van der Waals surface area contributed by atoms with E-state index in [0.717, 1.165) is 6.42 Å². The van der Waals surface area contributed by atoms with E-state index >= 15 is 0 Å². The molecule has 0 saturated carbocycles. The van der Waals surface area contributed by atoms with Crippen LogP contribution in [0.4, 0.5) is 5.69 Å².